The van der Waals surface area contributed by atoms with Crippen LogP contribution in [-0.4, -0.2) is 13.1 Å². The van der Waals surface area contributed by atoms with E-state index >= 15 is 0 Å². The second-order valence-electron chi connectivity index (χ2n) is 2.82. The zero-order chi connectivity index (χ0) is 7.82. The third-order valence-electron chi connectivity index (χ3n) is 1.87. The molecule has 0 bridgehead atoms. The number of hydrogen-bond acceptors (Lipinski definition) is 2. The minimum absolute atomic E-state index is 0.671. The molecular formula is C8H20N2. The highest BCUT2D eigenvalue weighted by Crippen LogP contribution is 2.09. The molecule has 0 aliphatic rings. The van der Waals surface area contributed by atoms with E-state index in [1.54, 1.807) is 0 Å². The Kier molecular flexibility index (Phi) is 6.98. The van der Waals surface area contributed by atoms with Gasteiger partial charge in [-0.2, -0.15) is 0 Å². The van der Waals surface area contributed by atoms with Gasteiger partial charge in [-0.15, -0.1) is 0 Å². The summed E-state index contributed by atoms with van der Waals surface area (Å²) in [7, 11) is 0. The normalized spacial score (nSPS) is 13.5. The van der Waals surface area contributed by atoms with Crippen LogP contribution in [0.5, 0.6) is 0 Å². The van der Waals surface area contributed by atoms with Crippen LogP contribution in [0, 0.1) is 5.92 Å². The van der Waals surface area contributed by atoms with Crippen molar-refractivity contribution in [3.63, 3.8) is 0 Å². The van der Waals surface area contributed by atoms with Crippen LogP contribution in [0.1, 0.15) is 32.6 Å². The molecule has 0 amide bonds. The molecule has 4 N–H and O–H groups in total. The minimum Gasteiger partial charge on any atom is -0.330 e. The summed E-state index contributed by atoms with van der Waals surface area (Å²) in [6.07, 6.45) is 4.91. The molecule has 0 radical (unpaired) electrons. The van der Waals surface area contributed by atoms with Crippen molar-refractivity contribution in [2.45, 2.75) is 32.6 Å². The average molecular weight is 144 g/mol. The molecule has 0 rings (SSSR count). The molecule has 62 valence electrons. The average Bonchev–Trinajstić information content (AvgIpc) is 1.98. The fourth-order valence-electron chi connectivity index (χ4n) is 1.11. The van der Waals surface area contributed by atoms with Crippen LogP contribution in [0.2, 0.25) is 0 Å². The minimum atomic E-state index is 0.671. The lowest BCUT2D eigenvalue weighted by Gasteiger charge is -2.11. The molecule has 0 saturated heterocycles. The Morgan fingerprint density at radius 1 is 1.20 bits per heavy atom. The third-order valence-corrected chi connectivity index (χ3v) is 1.87. The lowest BCUT2D eigenvalue weighted by Crippen LogP contribution is -2.17. The van der Waals surface area contributed by atoms with Gasteiger partial charge in [0.2, 0.25) is 0 Å². The second kappa shape index (κ2) is 7.03. The zero-order valence-electron chi connectivity index (χ0n) is 6.97. The number of rotatable bonds is 6. The van der Waals surface area contributed by atoms with Gasteiger partial charge in [0, 0.05) is 0 Å². The molecule has 0 saturated carbocycles. The van der Waals surface area contributed by atoms with Gasteiger partial charge in [-0.05, 0) is 31.8 Å². The first-order chi connectivity index (χ1) is 4.85. The van der Waals surface area contributed by atoms with Gasteiger partial charge in [0.15, 0.2) is 0 Å². The maximum atomic E-state index is 5.54. The van der Waals surface area contributed by atoms with Crippen molar-refractivity contribution in [2.75, 3.05) is 13.1 Å². The highest BCUT2D eigenvalue weighted by Gasteiger charge is 2.03. The van der Waals surface area contributed by atoms with Gasteiger partial charge in [-0.3, -0.25) is 0 Å². The predicted octanol–water partition coefficient (Wildman–Crippen LogP) is 1.10. The van der Waals surface area contributed by atoms with E-state index in [4.69, 9.17) is 11.5 Å². The van der Waals surface area contributed by atoms with Gasteiger partial charge >= 0.3 is 0 Å². The third kappa shape index (κ3) is 4.77. The second-order valence-corrected chi connectivity index (χ2v) is 2.82. The summed E-state index contributed by atoms with van der Waals surface area (Å²) in [5.41, 5.74) is 11.0. The highest BCUT2D eigenvalue weighted by molar-refractivity contribution is 4.59. The van der Waals surface area contributed by atoms with Crippen LogP contribution in [0.3, 0.4) is 0 Å². The number of unbranched alkanes of at least 4 members (excludes halogenated alkanes) is 1. The summed E-state index contributed by atoms with van der Waals surface area (Å²) in [6, 6.07) is 0. The molecule has 1 unspecified atom stereocenters. The summed E-state index contributed by atoms with van der Waals surface area (Å²) in [5, 5.41) is 0. The van der Waals surface area contributed by atoms with Crippen LogP contribution < -0.4 is 11.5 Å². The molecule has 0 aromatic carbocycles. The Labute approximate surface area is 64.0 Å². The van der Waals surface area contributed by atoms with E-state index in [1.807, 2.05) is 0 Å². The lowest BCUT2D eigenvalue weighted by atomic mass is 9.99. The molecule has 10 heavy (non-hydrogen) atoms. The molecule has 0 heterocycles. The van der Waals surface area contributed by atoms with Crippen molar-refractivity contribution in [1.29, 1.82) is 0 Å². The lowest BCUT2D eigenvalue weighted by molar-refractivity contribution is 0.449. The molecular weight excluding hydrogens is 124 g/mol. The first-order valence-electron chi connectivity index (χ1n) is 4.25. The largest absolute Gasteiger partial charge is 0.330 e. The summed E-state index contributed by atoms with van der Waals surface area (Å²) in [5.74, 6) is 0.671. The quantitative estimate of drug-likeness (QED) is 0.586. The van der Waals surface area contributed by atoms with Crippen molar-refractivity contribution in [3.8, 4) is 0 Å². The first-order valence-corrected chi connectivity index (χ1v) is 4.25. The summed E-state index contributed by atoms with van der Waals surface area (Å²) < 4.78 is 0. The van der Waals surface area contributed by atoms with E-state index < -0.39 is 0 Å². The van der Waals surface area contributed by atoms with Crippen LogP contribution >= 0.6 is 0 Å². The highest BCUT2D eigenvalue weighted by atomic mass is 14.6. The van der Waals surface area contributed by atoms with Crippen LogP contribution in [0.25, 0.3) is 0 Å². The molecule has 0 aliphatic heterocycles. The molecule has 2 nitrogen and oxygen atoms in total. The van der Waals surface area contributed by atoms with E-state index in [2.05, 4.69) is 6.92 Å². The van der Waals surface area contributed by atoms with Crippen molar-refractivity contribution in [1.82, 2.24) is 0 Å². The zero-order valence-corrected chi connectivity index (χ0v) is 6.97. The van der Waals surface area contributed by atoms with Gasteiger partial charge in [0.25, 0.3) is 0 Å². The Morgan fingerprint density at radius 3 is 2.30 bits per heavy atom. The van der Waals surface area contributed by atoms with Gasteiger partial charge in [-0.1, -0.05) is 19.8 Å². The predicted molar refractivity (Wildman–Crippen MR) is 45.7 cm³/mol. The summed E-state index contributed by atoms with van der Waals surface area (Å²) >= 11 is 0. The van der Waals surface area contributed by atoms with Gasteiger partial charge in [0.05, 0.1) is 0 Å². The molecule has 2 heteroatoms. The topological polar surface area (TPSA) is 52.0 Å². The SMILES string of the molecule is CCCCC(CN)CCN. The van der Waals surface area contributed by atoms with Gasteiger partial charge in [0.1, 0.15) is 0 Å². The fraction of sp³-hybridized carbons (Fsp3) is 1.00. The van der Waals surface area contributed by atoms with Crippen molar-refractivity contribution < 1.29 is 0 Å². The Hall–Kier alpha value is -0.0800. The van der Waals surface area contributed by atoms with Crippen molar-refractivity contribution >= 4 is 0 Å². The van der Waals surface area contributed by atoms with Crippen molar-refractivity contribution in [2.24, 2.45) is 17.4 Å². The van der Waals surface area contributed by atoms with E-state index in [0.717, 1.165) is 19.5 Å². The van der Waals surface area contributed by atoms with Crippen LogP contribution in [-0.2, 0) is 0 Å². The Morgan fingerprint density at radius 2 is 1.90 bits per heavy atom. The van der Waals surface area contributed by atoms with E-state index in [9.17, 15) is 0 Å². The Bertz CT molecular complexity index is 64.3. The maximum absolute atomic E-state index is 5.54. The van der Waals surface area contributed by atoms with Crippen LogP contribution in [0.4, 0.5) is 0 Å². The molecule has 0 spiro atoms. The van der Waals surface area contributed by atoms with E-state index in [-0.39, 0.29) is 0 Å². The van der Waals surface area contributed by atoms with Gasteiger partial charge in [-0.25, -0.2) is 0 Å². The van der Waals surface area contributed by atoms with Gasteiger partial charge < -0.3 is 11.5 Å². The summed E-state index contributed by atoms with van der Waals surface area (Å²) in [6.45, 7) is 3.79. The Balaban J connectivity index is 3.21. The monoisotopic (exact) mass is 144 g/mol. The van der Waals surface area contributed by atoms with Crippen LogP contribution in [0.15, 0.2) is 0 Å². The maximum Gasteiger partial charge on any atom is -0.00484 e. The smallest absolute Gasteiger partial charge is 0.00484 e. The van der Waals surface area contributed by atoms with Crippen molar-refractivity contribution in [3.05, 3.63) is 0 Å². The molecule has 0 fully saturated rings. The fourth-order valence-corrected chi connectivity index (χ4v) is 1.11. The first kappa shape index (κ1) is 9.92. The molecule has 0 aromatic rings. The van der Waals surface area contributed by atoms with E-state index in [0.29, 0.717) is 5.92 Å². The standard InChI is InChI=1S/C8H20N2/c1-2-3-4-8(7-10)5-6-9/h8H,2-7,9-10H2,1H3. The number of nitrogens with two attached hydrogens (primary N) is 2. The molecule has 1 atom stereocenters. The van der Waals surface area contributed by atoms with E-state index in [1.165, 1.54) is 19.3 Å². The summed E-state index contributed by atoms with van der Waals surface area (Å²) in [4.78, 5) is 0. The number of hydrogen-bond donors (Lipinski definition) is 2. The molecule has 0 aliphatic carbocycles. The molecule has 0 aromatic heterocycles.